The number of carbonyl (C=O) groups excluding carboxylic acids is 4. The van der Waals surface area contributed by atoms with Crippen molar-refractivity contribution in [3.63, 3.8) is 0 Å². The minimum Gasteiger partial charge on any atom is -0.483 e. The van der Waals surface area contributed by atoms with Crippen molar-refractivity contribution >= 4 is 46.7 Å². The van der Waals surface area contributed by atoms with Crippen molar-refractivity contribution in [1.82, 2.24) is 25.4 Å². The van der Waals surface area contributed by atoms with Crippen LogP contribution in [0, 0.1) is 0 Å². The van der Waals surface area contributed by atoms with Crippen LogP contribution < -0.4 is 15.4 Å². The molecule has 3 rings (SSSR count). The standard InChI is InChI=1S/C26H31N5O10/c1-2-40-26(39)31-11-9-30(10-12-31)25(38)18(7-8-22(33)34)29-24(37)19-13-20(16-5-3-4-6-17(16)28-19)41-15-21(32)27-14-23(35)36/h3-6,13,18H,2,7-12,14-15H2,1H3,(H,27,32)(H,29,37)(H,33,34)(H,35,36). The molecule has 1 aliphatic heterocycles. The van der Waals surface area contributed by atoms with Crippen molar-refractivity contribution in [3.8, 4) is 5.75 Å². The highest BCUT2D eigenvalue weighted by Gasteiger charge is 2.31. The molecule has 0 radical (unpaired) electrons. The topological polar surface area (TPSA) is 205 Å². The number of ether oxygens (including phenoxy) is 2. The molecule has 15 heteroatoms. The van der Waals surface area contributed by atoms with Gasteiger partial charge in [-0.2, -0.15) is 0 Å². The zero-order chi connectivity index (χ0) is 29.9. The van der Waals surface area contributed by atoms with Crippen molar-refractivity contribution < 1.29 is 48.5 Å². The SMILES string of the molecule is CCOC(=O)N1CCN(C(=O)C(CCC(=O)O)NC(=O)c2cc(OCC(=O)NCC(=O)O)c3ccccc3n2)CC1. The van der Waals surface area contributed by atoms with Crippen LogP contribution in [0.2, 0.25) is 0 Å². The quantitative estimate of drug-likeness (QED) is 0.267. The molecule has 0 saturated carbocycles. The van der Waals surface area contributed by atoms with Crippen LogP contribution in [0.25, 0.3) is 10.9 Å². The van der Waals surface area contributed by atoms with E-state index in [2.05, 4.69) is 15.6 Å². The molecular weight excluding hydrogens is 542 g/mol. The summed E-state index contributed by atoms with van der Waals surface area (Å²) in [6.07, 6.45) is -1.06. The number of amides is 4. The number of pyridine rings is 1. The minimum atomic E-state index is -1.22. The number of aliphatic carboxylic acids is 2. The normalized spacial score (nSPS) is 13.7. The number of carboxylic acid groups (broad SMARTS) is 2. The summed E-state index contributed by atoms with van der Waals surface area (Å²) in [5, 5.41) is 23.1. The zero-order valence-electron chi connectivity index (χ0n) is 22.3. The van der Waals surface area contributed by atoms with Crippen LogP contribution in [0.5, 0.6) is 5.75 Å². The van der Waals surface area contributed by atoms with E-state index in [9.17, 15) is 33.9 Å². The van der Waals surface area contributed by atoms with Gasteiger partial charge in [0.2, 0.25) is 5.91 Å². The Bertz CT molecular complexity index is 1310. The van der Waals surface area contributed by atoms with Gasteiger partial charge in [0.05, 0.1) is 12.1 Å². The molecule has 1 aliphatic rings. The van der Waals surface area contributed by atoms with Crippen molar-refractivity contribution in [1.29, 1.82) is 0 Å². The monoisotopic (exact) mass is 573 g/mol. The lowest BCUT2D eigenvalue weighted by molar-refractivity contribution is -0.139. The second-order valence-electron chi connectivity index (χ2n) is 8.95. The number of benzene rings is 1. The molecule has 1 fully saturated rings. The highest BCUT2D eigenvalue weighted by atomic mass is 16.6. The van der Waals surface area contributed by atoms with Gasteiger partial charge in [0.15, 0.2) is 6.61 Å². The molecular formula is C26H31N5O10. The van der Waals surface area contributed by atoms with E-state index in [-0.39, 0.29) is 57.1 Å². The van der Waals surface area contributed by atoms with E-state index in [0.29, 0.717) is 10.9 Å². The summed E-state index contributed by atoms with van der Waals surface area (Å²) in [6.45, 7) is 1.58. The molecule has 1 saturated heterocycles. The Hall–Kier alpha value is -4.95. The molecule has 15 nitrogen and oxygen atoms in total. The van der Waals surface area contributed by atoms with Crippen molar-refractivity contribution in [2.24, 2.45) is 0 Å². The van der Waals surface area contributed by atoms with E-state index in [0.717, 1.165) is 0 Å². The van der Waals surface area contributed by atoms with Crippen LogP contribution in [-0.4, -0.2) is 113 Å². The number of carboxylic acids is 2. The Morgan fingerprint density at radius 2 is 1.68 bits per heavy atom. The molecule has 4 amide bonds. The van der Waals surface area contributed by atoms with E-state index in [4.69, 9.17) is 14.6 Å². The van der Waals surface area contributed by atoms with Gasteiger partial charge in [0, 0.05) is 44.1 Å². The van der Waals surface area contributed by atoms with E-state index in [1.807, 2.05) is 0 Å². The summed E-state index contributed by atoms with van der Waals surface area (Å²) in [4.78, 5) is 79.6. The third-order valence-electron chi connectivity index (χ3n) is 6.07. The third kappa shape index (κ3) is 8.78. The lowest BCUT2D eigenvalue weighted by Crippen LogP contribution is -2.56. The van der Waals surface area contributed by atoms with Crippen LogP contribution in [-0.2, 0) is 23.9 Å². The van der Waals surface area contributed by atoms with Gasteiger partial charge >= 0.3 is 18.0 Å². The minimum absolute atomic E-state index is 0.120. The Labute approximate surface area is 234 Å². The molecule has 1 atom stereocenters. The zero-order valence-corrected chi connectivity index (χ0v) is 22.3. The smallest absolute Gasteiger partial charge is 0.409 e. The number of aromatic nitrogens is 1. The van der Waals surface area contributed by atoms with Crippen molar-refractivity contribution in [3.05, 3.63) is 36.0 Å². The summed E-state index contributed by atoms with van der Waals surface area (Å²) in [5.74, 6) is -4.22. The van der Waals surface area contributed by atoms with Gasteiger partial charge in [-0.25, -0.2) is 9.78 Å². The van der Waals surface area contributed by atoms with Crippen LogP contribution >= 0.6 is 0 Å². The van der Waals surface area contributed by atoms with Crippen LogP contribution in [0.3, 0.4) is 0 Å². The molecule has 4 N–H and O–H groups in total. The molecule has 0 spiro atoms. The summed E-state index contributed by atoms with van der Waals surface area (Å²) >= 11 is 0. The van der Waals surface area contributed by atoms with Gasteiger partial charge in [-0.1, -0.05) is 12.1 Å². The maximum absolute atomic E-state index is 13.3. The number of fused-ring (bicyclic) bond motifs is 1. The van der Waals surface area contributed by atoms with Crippen LogP contribution in [0.1, 0.15) is 30.3 Å². The average Bonchev–Trinajstić information content (AvgIpc) is 2.96. The first-order valence-electron chi connectivity index (χ1n) is 12.8. The summed E-state index contributed by atoms with van der Waals surface area (Å²) in [5.41, 5.74) is 0.203. The Balaban J connectivity index is 1.76. The predicted molar refractivity (Wildman–Crippen MR) is 141 cm³/mol. The van der Waals surface area contributed by atoms with Gasteiger partial charge in [0.1, 0.15) is 24.0 Å². The fraction of sp³-hybridized carbons (Fsp3) is 0.423. The largest absolute Gasteiger partial charge is 0.483 e. The Morgan fingerprint density at radius 3 is 2.34 bits per heavy atom. The molecule has 1 unspecified atom stereocenters. The highest BCUT2D eigenvalue weighted by Crippen LogP contribution is 2.25. The van der Waals surface area contributed by atoms with Crippen molar-refractivity contribution in [2.75, 3.05) is 45.9 Å². The summed E-state index contributed by atoms with van der Waals surface area (Å²) in [6, 6.07) is 6.73. The lowest BCUT2D eigenvalue weighted by Gasteiger charge is -2.35. The van der Waals surface area contributed by atoms with Gasteiger partial charge in [0.25, 0.3) is 11.8 Å². The number of hydrogen-bond donors (Lipinski definition) is 4. The van der Waals surface area contributed by atoms with Crippen LogP contribution in [0.4, 0.5) is 4.79 Å². The first kappa shape index (κ1) is 30.6. The molecule has 2 aromatic rings. The van der Waals surface area contributed by atoms with Gasteiger partial charge in [-0.15, -0.1) is 0 Å². The number of para-hydroxylation sites is 1. The predicted octanol–water partition coefficient (Wildman–Crippen LogP) is 0.0783. The third-order valence-corrected chi connectivity index (χ3v) is 6.07. The maximum Gasteiger partial charge on any atom is 0.409 e. The van der Waals surface area contributed by atoms with E-state index < -0.39 is 54.9 Å². The average molecular weight is 574 g/mol. The van der Waals surface area contributed by atoms with E-state index in [1.165, 1.54) is 15.9 Å². The van der Waals surface area contributed by atoms with E-state index >= 15 is 0 Å². The molecule has 220 valence electrons. The van der Waals surface area contributed by atoms with E-state index in [1.54, 1.807) is 31.2 Å². The molecule has 41 heavy (non-hydrogen) atoms. The summed E-state index contributed by atoms with van der Waals surface area (Å²) < 4.78 is 10.5. The number of nitrogens with one attached hydrogen (secondary N) is 2. The number of rotatable bonds is 12. The molecule has 0 bridgehead atoms. The molecule has 0 aliphatic carbocycles. The fourth-order valence-electron chi connectivity index (χ4n) is 4.05. The number of nitrogens with zero attached hydrogens (tertiary/aromatic N) is 3. The number of carbonyl (C=O) groups is 6. The molecule has 1 aromatic heterocycles. The molecule has 2 heterocycles. The van der Waals surface area contributed by atoms with Crippen molar-refractivity contribution in [2.45, 2.75) is 25.8 Å². The second kappa shape index (κ2) is 14.4. The van der Waals surface area contributed by atoms with Gasteiger partial charge in [-0.05, 0) is 25.5 Å². The molecule has 1 aromatic carbocycles. The Morgan fingerprint density at radius 1 is 1.00 bits per heavy atom. The van der Waals surface area contributed by atoms with Crippen LogP contribution in [0.15, 0.2) is 30.3 Å². The second-order valence-corrected chi connectivity index (χ2v) is 8.95. The maximum atomic E-state index is 13.3. The Kier molecular flexibility index (Phi) is 10.8. The fourth-order valence-corrected chi connectivity index (χ4v) is 4.05. The van der Waals surface area contributed by atoms with Gasteiger partial charge < -0.3 is 40.1 Å². The lowest BCUT2D eigenvalue weighted by atomic mass is 10.1. The first-order valence-corrected chi connectivity index (χ1v) is 12.8. The van der Waals surface area contributed by atoms with Gasteiger partial charge in [-0.3, -0.25) is 24.0 Å². The summed E-state index contributed by atoms with van der Waals surface area (Å²) in [7, 11) is 0. The number of hydrogen-bond acceptors (Lipinski definition) is 9. The first-order chi connectivity index (χ1) is 19.6. The highest BCUT2D eigenvalue weighted by molar-refractivity contribution is 5.99. The number of piperazine rings is 1.